The number of aromatic nitrogens is 2. The highest BCUT2D eigenvalue weighted by atomic mass is 32.2. The normalized spacial score (nSPS) is 13.1. The van der Waals surface area contributed by atoms with Crippen molar-refractivity contribution in [1.29, 1.82) is 0 Å². The number of amides is 1. The topological polar surface area (TPSA) is 82.5 Å². The van der Waals surface area contributed by atoms with Gasteiger partial charge in [-0.15, -0.1) is 0 Å². The highest BCUT2D eigenvalue weighted by molar-refractivity contribution is 8.00. The molecule has 3 aromatic carbocycles. The van der Waals surface area contributed by atoms with Crippen LogP contribution in [-0.2, 0) is 17.8 Å². The number of thioether (sulfide) groups is 1. The number of hydrogen-bond acceptors (Lipinski definition) is 6. The standard InChI is InChI=1S/C28H27N3O4S/c1-3-25(26(32)29-20-11-9-18(2)10-12-20)36-28-30-22-16-24-23(34-17-35-24)15-21(22)27(33)31(28)14-13-19-7-5-4-6-8-19/h4-12,15-16,25H,3,13-14,17H2,1-2H3,(H,29,32). The molecule has 1 unspecified atom stereocenters. The van der Waals surface area contributed by atoms with Crippen molar-refractivity contribution in [3.8, 4) is 11.5 Å². The van der Waals surface area contributed by atoms with E-state index >= 15 is 0 Å². The van der Waals surface area contributed by atoms with Crippen molar-refractivity contribution in [2.24, 2.45) is 0 Å². The summed E-state index contributed by atoms with van der Waals surface area (Å²) in [4.78, 5) is 31.6. The molecular formula is C28H27N3O4S. The number of hydrogen-bond donors (Lipinski definition) is 1. The van der Waals surface area contributed by atoms with Gasteiger partial charge < -0.3 is 14.8 Å². The van der Waals surface area contributed by atoms with Crippen molar-refractivity contribution in [2.75, 3.05) is 12.1 Å². The molecule has 1 aromatic heterocycles. The number of ether oxygens (including phenoxy) is 2. The molecule has 1 amide bonds. The monoisotopic (exact) mass is 501 g/mol. The fourth-order valence-corrected chi connectivity index (χ4v) is 5.11. The predicted octanol–water partition coefficient (Wildman–Crippen LogP) is 5.19. The fourth-order valence-electron chi connectivity index (χ4n) is 4.07. The van der Waals surface area contributed by atoms with E-state index in [1.165, 1.54) is 11.8 Å². The van der Waals surface area contributed by atoms with Gasteiger partial charge in [-0.25, -0.2) is 4.98 Å². The average Bonchev–Trinajstić information content (AvgIpc) is 3.35. The number of nitrogens with one attached hydrogen (secondary N) is 1. The van der Waals surface area contributed by atoms with Gasteiger partial charge in [-0.05, 0) is 43.5 Å². The lowest BCUT2D eigenvalue weighted by Crippen LogP contribution is -2.28. The maximum absolute atomic E-state index is 13.6. The molecule has 184 valence electrons. The second-order valence-electron chi connectivity index (χ2n) is 8.68. The Kier molecular flexibility index (Phi) is 6.95. The molecule has 1 aliphatic heterocycles. The lowest BCUT2D eigenvalue weighted by atomic mass is 10.1. The molecule has 0 radical (unpaired) electrons. The van der Waals surface area contributed by atoms with Gasteiger partial charge >= 0.3 is 0 Å². The van der Waals surface area contributed by atoms with E-state index in [-0.39, 0.29) is 18.3 Å². The first kappa shape index (κ1) is 23.9. The minimum Gasteiger partial charge on any atom is -0.454 e. The summed E-state index contributed by atoms with van der Waals surface area (Å²) in [5.74, 6) is 0.984. The van der Waals surface area contributed by atoms with Gasteiger partial charge in [0.25, 0.3) is 5.56 Å². The number of rotatable bonds is 8. The van der Waals surface area contributed by atoms with Crippen molar-refractivity contribution in [3.63, 3.8) is 0 Å². The van der Waals surface area contributed by atoms with Gasteiger partial charge in [-0.2, -0.15) is 0 Å². The molecule has 0 aliphatic carbocycles. The molecule has 1 aliphatic rings. The van der Waals surface area contributed by atoms with Crippen LogP contribution in [0.1, 0.15) is 24.5 Å². The average molecular weight is 502 g/mol. The summed E-state index contributed by atoms with van der Waals surface area (Å²) in [6.07, 6.45) is 1.24. The first-order valence-corrected chi connectivity index (χ1v) is 12.8. The quantitative estimate of drug-likeness (QED) is 0.264. The van der Waals surface area contributed by atoms with Crippen LogP contribution in [0.5, 0.6) is 11.5 Å². The number of nitrogens with zero attached hydrogens (tertiary/aromatic N) is 2. The van der Waals surface area contributed by atoms with E-state index in [0.29, 0.717) is 46.9 Å². The van der Waals surface area contributed by atoms with E-state index in [4.69, 9.17) is 14.5 Å². The molecular weight excluding hydrogens is 474 g/mol. The van der Waals surface area contributed by atoms with Crippen LogP contribution in [0.4, 0.5) is 5.69 Å². The summed E-state index contributed by atoms with van der Waals surface area (Å²) in [5, 5.41) is 3.54. The summed E-state index contributed by atoms with van der Waals surface area (Å²) in [6, 6.07) is 21.1. The van der Waals surface area contributed by atoms with Crippen molar-refractivity contribution in [1.82, 2.24) is 9.55 Å². The number of benzene rings is 3. The maximum Gasteiger partial charge on any atom is 0.262 e. The SMILES string of the molecule is CCC(Sc1nc2cc3c(cc2c(=O)n1CCc1ccccc1)OCO3)C(=O)Nc1ccc(C)cc1. The molecule has 4 aromatic rings. The Hall–Kier alpha value is -3.78. The second-order valence-corrected chi connectivity index (χ2v) is 9.85. The zero-order chi connectivity index (χ0) is 25.1. The molecule has 0 spiro atoms. The molecule has 8 heteroatoms. The van der Waals surface area contributed by atoms with Crippen LogP contribution >= 0.6 is 11.8 Å². The highest BCUT2D eigenvalue weighted by Crippen LogP contribution is 2.35. The van der Waals surface area contributed by atoms with Crippen LogP contribution < -0.4 is 20.3 Å². The molecule has 1 N–H and O–H groups in total. The summed E-state index contributed by atoms with van der Waals surface area (Å²) in [6.45, 7) is 4.52. The first-order valence-electron chi connectivity index (χ1n) is 11.9. The number of fused-ring (bicyclic) bond motifs is 2. The minimum absolute atomic E-state index is 0.118. The second kappa shape index (κ2) is 10.5. The van der Waals surface area contributed by atoms with Gasteiger partial charge in [0.15, 0.2) is 16.7 Å². The molecule has 36 heavy (non-hydrogen) atoms. The van der Waals surface area contributed by atoms with Gasteiger partial charge in [-0.1, -0.05) is 66.7 Å². The van der Waals surface area contributed by atoms with E-state index in [2.05, 4.69) is 5.32 Å². The zero-order valence-electron chi connectivity index (χ0n) is 20.2. The lowest BCUT2D eigenvalue weighted by Gasteiger charge is -2.18. The number of carbonyl (C=O) groups excluding carboxylic acids is 1. The van der Waals surface area contributed by atoms with E-state index in [1.807, 2.05) is 68.4 Å². The van der Waals surface area contributed by atoms with E-state index in [0.717, 1.165) is 16.8 Å². The van der Waals surface area contributed by atoms with Crippen LogP contribution in [0.15, 0.2) is 76.7 Å². The molecule has 0 saturated carbocycles. The Morgan fingerprint density at radius 1 is 1.08 bits per heavy atom. The van der Waals surface area contributed by atoms with E-state index in [9.17, 15) is 9.59 Å². The molecule has 2 heterocycles. The summed E-state index contributed by atoms with van der Waals surface area (Å²) >= 11 is 1.31. The number of aryl methyl sites for hydroxylation is 2. The number of carbonyl (C=O) groups is 1. The van der Waals surface area contributed by atoms with Crippen LogP contribution in [0.25, 0.3) is 10.9 Å². The van der Waals surface area contributed by atoms with Crippen LogP contribution in [-0.4, -0.2) is 27.5 Å². The predicted molar refractivity (Wildman–Crippen MR) is 142 cm³/mol. The third-order valence-electron chi connectivity index (χ3n) is 6.11. The van der Waals surface area contributed by atoms with Crippen LogP contribution in [0, 0.1) is 6.92 Å². The lowest BCUT2D eigenvalue weighted by molar-refractivity contribution is -0.115. The Labute approximate surface area is 213 Å². The molecule has 0 bridgehead atoms. The van der Waals surface area contributed by atoms with Crippen molar-refractivity contribution in [3.05, 3.63) is 88.2 Å². The number of anilines is 1. The van der Waals surface area contributed by atoms with Crippen molar-refractivity contribution < 1.29 is 14.3 Å². The van der Waals surface area contributed by atoms with Gasteiger partial charge in [0.1, 0.15) is 0 Å². The highest BCUT2D eigenvalue weighted by Gasteiger charge is 2.24. The van der Waals surface area contributed by atoms with Gasteiger partial charge in [0.05, 0.1) is 16.2 Å². The third kappa shape index (κ3) is 5.09. The smallest absolute Gasteiger partial charge is 0.262 e. The Morgan fingerprint density at radius 3 is 2.53 bits per heavy atom. The molecule has 1 atom stereocenters. The fraction of sp³-hybridized carbons (Fsp3) is 0.250. The zero-order valence-corrected chi connectivity index (χ0v) is 21.0. The van der Waals surface area contributed by atoms with Crippen LogP contribution in [0.2, 0.25) is 0 Å². The summed E-state index contributed by atoms with van der Waals surface area (Å²) in [5.41, 5.74) is 3.35. The van der Waals surface area contributed by atoms with Gasteiger partial charge in [-0.3, -0.25) is 14.2 Å². The van der Waals surface area contributed by atoms with Crippen LogP contribution in [0.3, 0.4) is 0 Å². The molecule has 0 saturated heterocycles. The third-order valence-corrected chi connectivity index (χ3v) is 7.46. The Balaban J connectivity index is 1.49. The molecule has 0 fully saturated rings. The molecule has 7 nitrogen and oxygen atoms in total. The van der Waals surface area contributed by atoms with E-state index < -0.39 is 5.25 Å². The Morgan fingerprint density at radius 2 is 1.81 bits per heavy atom. The van der Waals surface area contributed by atoms with E-state index in [1.54, 1.807) is 16.7 Å². The summed E-state index contributed by atoms with van der Waals surface area (Å²) in [7, 11) is 0. The summed E-state index contributed by atoms with van der Waals surface area (Å²) < 4.78 is 12.6. The van der Waals surface area contributed by atoms with Crippen molar-refractivity contribution >= 4 is 34.3 Å². The van der Waals surface area contributed by atoms with Gasteiger partial charge in [0.2, 0.25) is 12.7 Å². The van der Waals surface area contributed by atoms with Gasteiger partial charge in [0, 0.05) is 18.3 Å². The largest absolute Gasteiger partial charge is 0.454 e. The molecule has 5 rings (SSSR count). The maximum atomic E-state index is 13.6. The van der Waals surface area contributed by atoms with Crippen molar-refractivity contribution in [2.45, 2.75) is 43.6 Å². The Bertz CT molecular complexity index is 1450. The minimum atomic E-state index is -0.423. The first-order chi connectivity index (χ1) is 17.5.